The van der Waals surface area contributed by atoms with Gasteiger partial charge in [-0.25, -0.2) is 0 Å². The Kier molecular flexibility index (Phi) is 10.4. The summed E-state index contributed by atoms with van der Waals surface area (Å²) >= 11 is 5.41. The summed E-state index contributed by atoms with van der Waals surface area (Å²) in [6.45, 7) is 6.03. The van der Waals surface area contributed by atoms with E-state index in [1.54, 1.807) is 26.4 Å². The smallest absolute Gasteiger partial charge is 0.250 e. The average Bonchev–Trinajstić information content (AvgIpc) is 2.66. The molecule has 1 amide bonds. The number of hydrogen-bond acceptors (Lipinski definition) is 4. The molecule has 144 valence electrons. The van der Waals surface area contributed by atoms with Crippen LogP contribution in [0.15, 0.2) is 24.3 Å². The quantitative estimate of drug-likeness (QED) is 0.492. The molecule has 6 heteroatoms. The van der Waals surface area contributed by atoms with Crippen LogP contribution in [-0.2, 0) is 4.79 Å². The van der Waals surface area contributed by atoms with E-state index in [0.29, 0.717) is 16.6 Å². The molecule has 0 saturated carbocycles. The Bertz CT molecular complexity index is 609. The molecule has 0 heterocycles. The number of amides is 1. The molecule has 0 aliphatic carbocycles. The molecule has 0 atom stereocenters. The van der Waals surface area contributed by atoms with Gasteiger partial charge >= 0.3 is 0 Å². The van der Waals surface area contributed by atoms with Crippen LogP contribution < -0.4 is 14.8 Å². The van der Waals surface area contributed by atoms with Crippen molar-refractivity contribution in [1.82, 2.24) is 10.2 Å². The predicted octanol–water partition coefficient (Wildman–Crippen LogP) is 4.02. The minimum atomic E-state index is -0.234. The van der Waals surface area contributed by atoms with Crippen LogP contribution in [0.3, 0.4) is 0 Å². The minimum absolute atomic E-state index is 0.234. The molecule has 0 aliphatic heterocycles. The Balaban J connectivity index is 2.68. The van der Waals surface area contributed by atoms with Crippen molar-refractivity contribution < 1.29 is 14.3 Å². The Hall–Kier alpha value is -2.08. The lowest BCUT2D eigenvalue weighted by atomic mass is 10.2. The van der Waals surface area contributed by atoms with Crippen molar-refractivity contribution in [3.8, 4) is 11.5 Å². The summed E-state index contributed by atoms with van der Waals surface area (Å²) in [7, 11) is 3.17. The van der Waals surface area contributed by atoms with E-state index in [2.05, 4.69) is 24.1 Å². The maximum Gasteiger partial charge on any atom is 0.250 e. The van der Waals surface area contributed by atoms with E-state index < -0.39 is 0 Å². The van der Waals surface area contributed by atoms with Crippen molar-refractivity contribution in [2.45, 2.75) is 39.5 Å². The van der Waals surface area contributed by atoms with Crippen LogP contribution in [0.25, 0.3) is 6.08 Å². The molecule has 0 fully saturated rings. The first-order chi connectivity index (χ1) is 12.5. The molecular formula is C20H30N2O3S. The zero-order chi connectivity index (χ0) is 19.4. The fourth-order valence-corrected chi connectivity index (χ4v) is 2.65. The molecule has 1 aromatic carbocycles. The molecule has 1 N–H and O–H groups in total. The summed E-state index contributed by atoms with van der Waals surface area (Å²) in [6, 6.07) is 5.48. The number of nitrogens with one attached hydrogen (secondary N) is 1. The number of hydrogen-bond donors (Lipinski definition) is 1. The zero-order valence-electron chi connectivity index (χ0n) is 16.2. The van der Waals surface area contributed by atoms with Gasteiger partial charge in [0.05, 0.1) is 14.2 Å². The first-order valence-electron chi connectivity index (χ1n) is 9.05. The van der Waals surface area contributed by atoms with Crippen LogP contribution in [0.4, 0.5) is 0 Å². The Labute approximate surface area is 162 Å². The summed E-state index contributed by atoms with van der Waals surface area (Å²) < 4.78 is 10.5. The van der Waals surface area contributed by atoms with Gasteiger partial charge in [0.15, 0.2) is 16.6 Å². The molecule has 1 aromatic rings. The zero-order valence-corrected chi connectivity index (χ0v) is 17.0. The standard InChI is InChI=1S/C20H30N2O3S/c1-5-7-13-22(14-8-6-2)20(26)21-19(23)12-10-16-9-11-17(24-3)18(15-16)25-4/h9-12,15H,5-8,13-14H2,1-4H3,(H,21,23,26)/b12-10+. The van der Waals surface area contributed by atoms with Gasteiger partial charge in [0.1, 0.15) is 0 Å². The highest BCUT2D eigenvalue weighted by molar-refractivity contribution is 7.80. The number of carbonyl (C=O) groups excluding carboxylic acids is 1. The van der Waals surface area contributed by atoms with Crippen molar-refractivity contribution in [1.29, 1.82) is 0 Å². The topological polar surface area (TPSA) is 50.8 Å². The minimum Gasteiger partial charge on any atom is -0.493 e. The first kappa shape index (κ1) is 22.0. The van der Waals surface area contributed by atoms with E-state index in [9.17, 15) is 4.79 Å². The summed E-state index contributed by atoms with van der Waals surface area (Å²) in [5.41, 5.74) is 0.845. The lowest BCUT2D eigenvalue weighted by Crippen LogP contribution is -2.43. The Morgan fingerprint density at radius 2 is 1.73 bits per heavy atom. The van der Waals surface area contributed by atoms with E-state index in [-0.39, 0.29) is 5.91 Å². The molecule has 1 rings (SSSR count). The number of carbonyl (C=O) groups is 1. The van der Waals surface area contributed by atoms with E-state index in [1.807, 2.05) is 12.1 Å². The van der Waals surface area contributed by atoms with Crippen LogP contribution in [0.2, 0.25) is 0 Å². The van der Waals surface area contributed by atoms with Crippen molar-refractivity contribution in [3.05, 3.63) is 29.8 Å². The van der Waals surface area contributed by atoms with E-state index in [0.717, 1.165) is 44.3 Å². The number of rotatable bonds is 10. The molecule has 0 aromatic heterocycles. The van der Waals surface area contributed by atoms with Crippen molar-refractivity contribution in [3.63, 3.8) is 0 Å². The second-order valence-electron chi connectivity index (χ2n) is 5.94. The highest BCUT2D eigenvalue weighted by Gasteiger charge is 2.10. The van der Waals surface area contributed by atoms with Gasteiger partial charge < -0.3 is 14.4 Å². The highest BCUT2D eigenvalue weighted by atomic mass is 32.1. The summed E-state index contributed by atoms with van der Waals surface area (Å²) in [6.07, 6.45) is 7.51. The Morgan fingerprint density at radius 3 is 2.27 bits per heavy atom. The van der Waals surface area contributed by atoms with Crippen LogP contribution in [0.1, 0.15) is 45.1 Å². The van der Waals surface area contributed by atoms with Gasteiger partial charge in [-0.1, -0.05) is 32.8 Å². The first-order valence-corrected chi connectivity index (χ1v) is 9.46. The van der Waals surface area contributed by atoms with E-state index in [1.165, 1.54) is 6.08 Å². The van der Waals surface area contributed by atoms with Gasteiger partial charge in [0.25, 0.3) is 0 Å². The van der Waals surface area contributed by atoms with Crippen molar-refractivity contribution >= 4 is 29.3 Å². The molecular weight excluding hydrogens is 348 g/mol. The third kappa shape index (κ3) is 7.44. The van der Waals surface area contributed by atoms with Gasteiger partial charge in [0.2, 0.25) is 5.91 Å². The monoisotopic (exact) mass is 378 g/mol. The number of unbranched alkanes of at least 4 members (excludes halogenated alkanes) is 2. The van der Waals surface area contributed by atoms with Crippen LogP contribution in [-0.4, -0.2) is 43.2 Å². The molecule has 0 radical (unpaired) electrons. The predicted molar refractivity (Wildman–Crippen MR) is 111 cm³/mol. The molecule has 0 unspecified atom stereocenters. The second kappa shape index (κ2) is 12.3. The normalized spacial score (nSPS) is 10.6. The number of nitrogens with zero attached hydrogens (tertiary/aromatic N) is 1. The summed E-state index contributed by atoms with van der Waals surface area (Å²) in [5, 5.41) is 3.29. The van der Waals surface area contributed by atoms with E-state index >= 15 is 0 Å². The molecule has 26 heavy (non-hydrogen) atoms. The summed E-state index contributed by atoms with van der Waals surface area (Å²) in [5.74, 6) is 1.04. The highest BCUT2D eigenvalue weighted by Crippen LogP contribution is 2.27. The molecule has 0 saturated heterocycles. The fraction of sp³-hybridized carbons (Fsp3) is 0.500. The van der Waals surface area contributed by atoms with Crippen molar-refractivity contribution in [2.24, 2.45) is 0 Å². The number of thiocarbonyl (C=S) groups is 1. The van der Waals surface area contributed by atoms with Gasteiger partial charge in [-0.3, -0.25) is 10.1 Å². The van der Waals surface area contributed by atoms with Gasteiger partial charge in [-0.05, 0) is 48.8 Å². The molecule has 5 nitrogen and oxygen atoms in total. The number of ether oxygens (including phenoxy) is 2. The molecule has 0 aliphatic rings. The van der Waals surface area contributed by atoms with Crippen LogP contribution in [0.5, 0.6) is 11.5 Å². The fourth-order valence-electron chi connectivity index (χ4n) is 2.37. The maximum absolute atomic E-state index is 12.2. The lowest BCUT2D eigenvalue weighted by Gasteiger charge is -2.24. The lowest BCUT2D eigenvalue weighted by molar-refractivity contribution is -0.115. The number of methoxy groups -OCH3 is 2. The molecule has 0 spiro atoms. The summed E-state index contributed by atoms with van der Waals surface area (Å²) in [4.78, 5) is 14.3. The van der Waals surface area contributed by atoms with Crippen LogP contribution in [0, 0.1) is 0 Å². The number of benzene rings is 1. The Morgan fingerprint density at radius 1 is 1.12 bits per heavy atom. The van der Waals surface area contributed by atoms with E-state index in [4.69, 9.17) is 21.7 Å². The second-order valence-corrected chi connectivity index (χ2v) is 6.32. The van der Waals surface area contributed by atoms with Crippen molar-refractivity contribution in [2.75, 3.05) is 27.3 Å². The van der Waals surface area contributed by atoms with Gasteiger partial charge in [-0.2, -0.15) is 0 Å². The average molecular weight is 379 g/mol. The SMILES string of the molecule is CCCCN(CCCC)C(=S)NC(=O)/C=C/c1ccc(OC)c(OC)c1. The third-order valence-electron chi connectivity index (χ3n) is 3.92. The maximum atomic E-state index is 12.2. The molecule has 0 bridgehead atoms. The van der Waals surface area contributed by atoms with Crippen LogP contribution >= 0.6 is 12.2 Å². The largest absolute Gasteiger partial charge is 0.493 e. The van der Waals surface area contributed by atoms with Gasteiger partial charge in [0, 0.05) is 19.2 Å². The third-order valence-corrected chi connectivity index (χ3v) is 4.28. The van der Waals surface area contributed by atoms with Gasteiger partial charge in [-0.15, -0.1) is 0 Å².